The van der Waals surface area contributed by atoms with Crippen LogP contribution in [0.5, 0.6) is 5.75 Å². The molecule has 1 aromatic rings. The zero-order valence-corrected chi connectivity index (χ0v) is 8.06. The molecule has 0 unspecified atom stereocenters. The fraction of sp³-hybridized carbons (Fsp3) is 0.400. The van der Waals surface area contributed by atoms with Crippen LogP contribution in [0.15, 0.2) is 18.3 Å². The van der Waals surface area contributed by atoms with Crippen LogP contribution in [0.1, 0.15) is 19.0 Å². The van der Waals surface area contributed by atoms with Gasteiger partial charge in [0.1, 0.15) is 5.75 Å². The molecule has 0 aliphatic heterocycles. The van der Waals surface area contributed by atoms with Gasteiger partial charge in [-0.15, -0.1) is 0 Å². The zero-order valence-electron chi connectivity index (χ0n) is 8.06. The summed E-state index contributed by atoms with van der Waals surface area (Å²) >= 11 is 0. The van der Waals surface area contributed by atoms with Crippen LogP contribution < -0.4 is 0 Å². The topological polar surface area (TPSA) is 59.4 Å². The van der Waals surface area contributed by atoms with E-state index in [2.05, 4.69) is 4.98 Å². The maximum absolute atomic E-state index is 11.0. The van der Waals surface area contributed by atoms with E-state index in [0.717, 1.165) is 5.69 Å². The van der Waals surface area contributed by atoms with Crippen LogP contribution in [0.2, 0.25) is 0 Å². The minimum Gasteiger partial charge on any atom is -0.506 e. The summed E-state index contributed by atoms with van der Waals surface area (Å²) in [6.07, 6.45) is 2.23. The molecule has 0 radical (unpaired) electrons. The number of nitrogens with zero attached hydrogens (tertiary/aromatic N) is 1. The van der Waals surface area contributed by atoms with Gasteiger partial charge in [-0.3, -0.25) is 9.78 Å². The van der Waals surface area contributed by atoms with E-state index >= 15 is 0 Å². The third-order valence-corrected chi connectivity index (χ3v) is 1.70. The Kier molecular flexibility index (Phi) is 3.91. The summed E-state index contributed by atoms with van der Waals surface area (Å²) in [7, 11) is 0. The monoisotopic (exact) mass is 195 g/mol. The van der Waals surface area contributed by atoms with E-state index in [1.54, 1.807) is 19.1 Å². The van der Waals surface area contributed by atoms with Gasteiger partial charge in [0.25, 0.3) is 0 Å². The quantitative estimate of drug-likeness (QED) is 0.735. The van der Waals surface area contributed by atoms with Crippen molar-refractivity contribution in [2.45, 2.75) is 19.8 Å². The van der Waals surface area contributed by atoms with Crippen LogP contribution in [0.4, 0.5) is 0 Å². The first-order valence-corrected chi connectivity index (χ1v) is 4.52. The molecular weight excluding hydrogens is 182 g/mol. The lowest BCUT2D eigenvalue weighted by atomic mass is 10.2. The van der Waals surface area contributed by atoms with Crippen molar-refractivity contribution < 1.29 is 14.6 Å². The van der Waals surface area contributed by atoms with Crippen molar-refractivity contribution in [1.29, 1.82) is 0 Å². The van der Waals surface area contributed by atoms with E-state index in [1.165, 1.54) is 6.20 Å². The van der Waals surface area contributed by atoms with Gasteiger partial charge in [0.15, 0.2) is 0 Å². The Balaban J connectivity index is 2.38. The number of hydrogen-bond donors (Lipinski definition) is 1. The largest absolute Gasteiger partial charge is 0.506 e. The summed E-state index contributed by atoms with van der Waals surface area (Å²) in [4.78, 5) is 14.9. The van der Waals surface area contributed by atoms with Gasteiger partial charge in [0.2, 0.25) is 0 Å². The number of aromatic hydroxyl groups is 1. The van der Waals surface area contributed by atoms with Gasteiger partial charge in [-0.05, 0) is 19.1 Å². The van der Waals surface area contributed by atoms with Gasteiger partial charge >= 0.3 is 5.97 Å². The lowest BCUT2D eigenvalue weighted by molar-refractivity contribution is -0.143. The third-order valence-electron chi connectivity index (χ3n) is 1.70. The number of rotatable bonds is 4. The Morgan fingerprint density at radius 3 is 2.93 bits per heavy atom. The summed E-state index contributed by atoms with van der Waals surface area (Å²) in [5.41, 5.74) is 0.774. The van der Waals surface area contributed by atoms with Crippen molar-refractivity contribution in [2.24, 2.45) is 0 Å². The zero-order chi connectivity index (χ0) is 10.4. The van der Waals surface area contributed by atoms with Gasteiger partial charge < -0.3 is 9.84 Å². The molecule has 0 aromatic carbocycles. The summed E-state index contributed by atoms with van der Waals surface area (Å²) in [5.74, 6) is -0.0905. The summed E-state index contributed by atoms with van der Waals surface area (Å²) in [5, 5.41) is 8.96. The third kappa shape index (κ3) is 3.43. The molecule has 0 amide bonds. The second kappa shape index (κ2) is 5.21. The van der Waals surface area contributed by atoms with Crippen LogP contribution >= 0.6 is 0 Å². The maximum Gasteiger partial charge on any atom is 0.306 e. The lowest BCUT2D eigenvalue weighted by Crippen LogP contribution is -2.05. The van der Waals surface area contributed by atoms with Crippen LogP contribution in [0, 0.1) is 0 Å². The Morgan fingerprint density at radius 2 is 2.36 bits per heavy atom. The smallest absolute Gasteiger partial charge is 0.306 e. The van der Waals surface area contributed by atoms with E-state index in [9.17, 15) is 4.79 Å². The molecule has 0 saturated carbocycles. The van der Waals surface area contributed by atoms with E-state index in [4.69, 9.17) is 9.84 Å². The first-order chi connectivity index (χ1) is 6.72. The van der Waals surface area contributed by atoms with Gasteiger partial charge in [-0.2, -0.15) is 0 Å². The molecule has 1 aromatic heterocycles. The Labute approximate surface area is 82.5 Å². The molecule has 1 N–H and O–H groups in total. The maximum atomic E-state index is 11.0. The molecule has 0 atom stereocenters. The van der Waals surface area contributed by atoms with Crippen LogP contribution in [0.3, 0.4) is 0 Å². The highest BCUT2D eigenvalue weighted by Gasteiger charge is 2.02. The molecule has 0 saturated heterocycles. The Bertz CT molecular complexity index is 295. The van der Waals surface area contributed by atoms with Gasteiger partial charge in [-0.25, -0.2) is 0 Å². The molecule has 0 fully saturated rings. The summed E-state index contributed by atoms with van der Waals surface area (Å²) in [6, 6.07) is 3.24. The van der Waals surface area contributed by atoms with E-state index < -0.39 is 0 Å². The number of carbonyl (C=O) groups is 1. The highest BCUT2D eigenvalue weighted by molar-refractivity contribution is 5.69. The van der Waals surface area contributed by atoms with Crippen LogP contribution in [0.25, 0.3) is 0 Å². The number of esters is 1. The van der Waals surface area contributed by atoms with Crippen molar-refractivity contribution in [2.75, 3.05) is 6.61 Å². The number of aryl methyl sites for hydroxylation is 1. The van der Waals surface area contributed by atoms with Crippen molar-refractivity contribution in [3.05, 3.63) is 24.0 Å². The normalized spacial score (nSPS) is 9.79. The second-order valence-corrected chi connectivity index (χ2v) is 2.81. The van der Waals surface area contributed by atoms with Crippen molar-refractivity contribution in [3.8, 4) is 5.75 Å². The van der Waals surface area contributed by atoms with E-state index in [-0.39, 0.29) is 11.7 Å². The average Bonchev–Trinajstić information content (AvgIpc) is 2.17. The average molecular weight is 195 g/mol. The lowest BCUT2D eigenvalue weighted by Gasteiger charge is -2.01. The number of pyridine rings is 1. The highest BCUT2D eigenvalue weighted by Crippen LogP contribution is 2.07. The minimum atomic E-state index is -0.220. The number of ether oxygens (including phenoxy) is 1. The summed E-state index contributed by atoms with van der Waals surface area (Å²) in [6.45, 7) is 2.18. The number of hydrogen-bond acceptors (Lipinski definition) is 4. The predicted octanol–water partition coefficient (Wildman–Crippen LogP) is 1.28. The number of carbonyl (C=O) groups excluding carboxylic acids is 1. The van der Waals surface area contributed by atoms with Gasteiger partial charge in [-0.1, -0.05) is 0 Å². The molecular formula is C10H13NO3. The standard InChI is InChI=1S/C10H13NO3/c1-2-14-10(13)6-4-8-3-5-9(12)7-11-8/h3,5,7,12H,2,4,6H2,1H3. The van der Waals surface area contributed by atoms with Gasteiger partial charge in [0.05, 0.1) is 19.2 Å². The Hall–Kier alpha value is -1.58. The first-order valence-electron chi connectivity index (χ1n) is 4.52. The minimum absolute atomic E-state index is 0.130. The van der Waals surface area contributed by atoms with Gasteiger partial charge in [0, 0.05) is 12.1 Å². The molecule has 4 heteroatoms. The first kappa shape index (κ1) is 10.5. The molecule has 0 bridgehead atoms. The fourth-order valence-corrected chi connectivity index (χ4v) is 1.03. The van der Waals surface area contributed by atoms with Crippen molar-refractivity contribution in [3.63, 3.8) is 0 Å². The summed E-state index contributed by atoms with van der Waals surface area (Å²) < 4.78 is 4.77. The molecule has 0 spiro atoms. The van der Waals surface area contributed by atoms with Crippen LogP contribution in [-0.2, 0) is 16.0 Å². The highest BCUT2D eigenvalue weighted by atomic mass is 16.5. The molecule has 1 heterocycles. The fourth-order valence-electron chi connectivity index (χ4n) is 1.03. The van der Waals surface area contributed by atoms with Crippen molar-refractivity contribution in [1.82, 2.24) is 4.98 Å². The number of aromatic nitrogens is 1. The van der Waals surface area contributed by atoms with E-state index in [0.29, 0.717) is 19.4 Å². The molecule has 4 nitrogen and oxygen atoms in total. The van der Waals surface area contributed by atoms with Crippen molar-refractivity contribution >= 4 is 5.97 Å². The molecule has 0 aliphatic carbocycles. The second-order valence-electron chi connectivity index (χ2n) is 2.81. The molecule has 1 rings (SSSR count). The molecule has 14 heavy (non-hydrogen) atoms. The Morgan fingerprint density at radius 1 is 1.57 bits per heavy atom. The van der Waals surface area contributed by atoms with E-state index in [1.807, 2.05) is 0 Å². The SMILES string of the molecule is CCOC(=O)CCc1ccc(O)cn1. The molecule has 0 aliphatic rings. The predicted molar refractivity (Wildman–Crippen MR) is 50.9 cm³/mol. The van der Waals surface area contributed by atoms with Crippen LogP contribution in [-0.4, -0.2) is 22.7 Å². The molecule has 76 valence electrons.